The van der Waals surface area contributed by atoms with Crippen LogP contribution in [-0.4, -0.2) is 55.2 Å². The lowest BCUT2D eigenvalue weighted by molar-refractivity contribution is -0.152. The first-order valence-electron chi connectivity index (χ1n) is 8.02. The summed E-state index contributed by atoms with van der Waals surface area (Å²) in [5.41, 5.74) is 6.63. The second-order valence-corrected chi connectivity index (χ2v) is 7.15. The largest absolute Gasteiger partial charge is 0.459 e. The number of nitrogens with zero attached hydrogens (tertiary/aromatic N) is 3. The Morgan fingerprint density at radius 1 is 1.20 bits per heavy atom. The van der Waals surface area contributed by atoms with Crippen molar-refractivity contribution < 1.29 is 9.53 Å². The van der Waals surface area contributed by atoms with E-state index in [0.29, 0.717) is 5.96 Å². The number of aliphatic imine (C=N–C) groups is 1. The minimum atomic E-state index is -0.508. The Morgan fingerprint density at radius 2 is 1.76 bits per heavy atom. The van der Waals surface area contributed by atoms with Gasteiger partial charge in [-0.1, -0.05) is 11.6 Å². The maximum Gasteiger partial charge on any atom is 0.328 e. The van der Waals surface area contributed by atoms with Gasteiger partial charge in [0.25, 0.3) is 0 Å². The van der Waals surface area contributed by atoms with Crippen LogP contribution in [0.2, 0.25) is 5.02 Å². The lowest BCUT2D eigenvalue weighted by Gasteiger charge is -2.36. The Balaban J connectivity index is 0.00000312. The van der Waals surface area contributed by atoms with Crippen LogP contribution in [0.3, 0.4) is 0 Å². The summed E-state index contributed by atoms with van der Waals surface area (Å²) in [7, 11) is 0. The molecule has 0 amide bonds. The van der Waals surface area contributed by atoms with Crippen LogP contribution in [0.15, 0.2) is 29.3 Å². The molecule has 6 nitrogen and oxygen atoms in total. The van der Waals surface area contributed by atoms with Gasteiger partial charge in [0.15, 0.2) is 5.96 Å². The van der Waals surface area contributed by atoms with Gasteiger partial charge in [-0.05, 0) is 45.0 Å². The second kappa shape index (κ2) is 9.47. The van der Waals surface area contributed by atoms with Gasteiger partial charge in [-0.2, -0.15) is 0 Å². The fraction of sp³-hybridized carbons (Fsp3) is 0.529. The molecular weight excluding hydrogens is 455 g/mol. The SMILES string of the molecule is CC(C)(C)OC(=O)CN=C(N)N1CCN(c2ccc(Cl)cc2)CC1.I. The summed E-state index contributed by atoms with van der Waals surface area (Å²) in [4.78, 5) is 20.1. The number of benzene rings is 1. The van der Waals surface area contributed by atoms with Crippen molar-refractivity contribution in [2.24, 2.45) is 10.7 Å². The molecule has 0 atom stereocenters. The predicted octanol–water partition coefficient (Wildman–Crippen LogP) is 2.74. The number of carbonyl (C=O) groups excluding carboxylic acids is 1. The predicted molar refractivity (Wildman–Crippen MR) is 113 cm³/mol. The number of halogens is 2. The zero-order valence-corrected chi connectivity index (χ0v) is 18.0. The highest BCUT2D eigenvalue weighted by atomic mass is 127. The van der Waals surface area contributed by atoms with Gasteiger partial charge in [-0.25, -0.2) is 4.99 Å². The van der Waals surface area contributed by atoms with Gasteiger partial charge in [-0.15, -0.1) is 24.0 Å². The number of hydrogen-bond acceptors (Lipinski definition) is 4. The second-order valence-electron chi connectivity index (χ2n) is 6.71. The Kier molecular flexibility index (Phi) is 8.27. The maximum atomic E-state index is 11.7. The van der Waals surface area contributed by atoms with Crippen molar-refractivity contribution in [3.8, 4) is 0 Å². The lowest BCUT2D eigenvalue weighted by atomic mass is 10.2. The fourth-order valence-electron chi connectivity index (χ4n) is 2.46. The third kappa shape index (κ3) is 7.27. The summed E-state index contributed by atoms with van der Waals surface area (Å²) >= 11 is 5.92. The topological polar surface area (TPSA) is 71.2 Å². The quantitative estimate of drug-likeness (QED) is 0.312. The Morgan fingerprint density at radius 3 is 2.28 bits per heavy atom. The summed E-state index contributed by atoms with van der Waals surface area (Å²) in [5, 5.41) is 0.732. The van der Waals surface area contributed by atoms with E-state index in [4.69, 9.17) is 22.1 Å². The van der Waals surface area contributed by atoms with Crippen LogP contribution >= 0.6 is 35.6 Å². The van der Waals surface area contributed by atoms with Crippen LogP contribution in [-0.2, 0) is 9.53 Å². The molecule has 0 aliphatic carbocycles. The summed E-state index contributed by atoms with van der Waals surface area (Å²) in [6, 6.07) is 7.80. The van der Waals surface area contributed by atoms with Crippen molar-refractivity contribution in [3.05, 3.63) is 29.3 Å². The zero-order chi connectivity index (χ0) is 17.7. The van der Waals surface area contributed by atoms with Crippen molar-refractivity contribution in [1.82, 2.24) is 4.90 Å². The average molecular weight is 481 g/mol. The van der Waals surface area contributed by atoms with E-state index in [1.54, 1.807) is 0 Å². The number of anilines is 1. The van der Waals surface area contributed by atoms with Crippen LogP contribution < -0.4 is 10.6 Å². The molecule has 0 saturated carbocycles. The van der Waals surface area contributed by atoms with E-state index in [1.807, 2.05) is 49.9 Å². The molecule has 1 aliphatic rings. The van der Waals surface area contributed by atoms with Gasteiger partial charge in [0.2, 0.25) is 0 Å². The average Bonchev–Trinajstić information content (AvgIpc) is 2.52. The van der Waals surface area contributed by atoms with Gasteiger partial charge in [0.05, 0.1) is 0 Å². The Hall–Kier alpha value is -1.22. The van der Waals surface area contributed by atoms with Gasteiger partial charge >= 0.3 is 5.97 Å². The van der Waals surface area contributed by atoms with E-state index >= 15 is 0 Å². The number of esters is 1. The highest BCUT2D eigenvalue weighted by molar-refractivity contribution is 14.0. The normalized spacial score (nSPS) is 15.6. The molecule has 0 radical (unpaired) electrons. The zero-order valence-electron chi connectivity index (χ0n) is 14.9. The minimum Gasteiger partial charge on any atom is -0.459 e. The summed E-state index contributed by atoms with van der Waals surface area (Å²) in [5.74, 6) is 0.0156. The van der Waals surface area contributed by atoms with Crippen molar-refractivity contribution in [1.29, 1.82) is 0 Å². The number of guanidine groups is 1. The van der Waals surface area contributed by atoms with E-state index in [1.165, 1.54) is 0 Å². The lowest BCUT2D eigenvalue weighted by Crippen LogP contribution is -2.51. The van der Waals surface area contributed by atoms with E-state index < -0.39 is 5.60 Å². The summed E-state index contributed by atoms with van der Waals surface area (Å²) in [6.07, 6.45) is 0. The third-order valence-electron chi connectivity index (χ3n) is 3.59. The van der Waals surface area contributed by atoms with Crippen LogP contribution in [0.4, 0.5) is 5.69 Å². The molecule has 2 rings (SSSR count). The van der Waals surface area contributed by atoms with Crippen LogP contribution in [0.25, 0.3) is 0 Å². The molecule has 1 aliphatic heterocycles. The van der Waals surface area contributed by atoms with Crippen LogP contribution in [0, 0.1) is 0 Å². The molecule has 2 N–H and O–H groups in total. The van der Waals surface area contributed by atoms with E-state index in [2.05, 4.69) is 9.89 Å². The Bertz CT molecular complexity index is 594. The molecule has 25 heavy (non-hydrogen) atoms. The van der Waals surface area contributed by atoms with Crippen molar-refractivity contribution >= 4 is 53.2 Å². The highest BCUT2D eigenvalue weighted by Crippen LogP contribution is 2.19. The van der Waals surface area contributed by atoms with Crippen LogP contribution in [0.5, 0.6) is 0 Å². The van der Waals surface area contributed by atoms with Crippen LogP contribution in [0.1, 0.15) is 20.8 Å². The molecule has 1 fully saturated rings. The number of hydrogen-bond donors (Lipinski definition) is 1. The monoisotopic (exact) mass is 480 g/mol. The number of ether oxygens (including phenoxy) is 1. The standard InChI is InChI=1S/C17H25ClN4O2.HI/c1-17(2,3)24-15(23)12-20-16(19)22-10-8-21(9-11-22)14-6-4-13(18)5-7-14;/h4-7H,8-12H2,1-3H3,(H2,19,20);1H. The third-order valence-corrected chi connectivity index (χ3v) is 3.84. The first-order chi connectivity index (χ1) is 11.2. The molecule has 0 bridgehead atoms. The van der Waals surface area contributed by atoms with E-state index in [9.17, 15) is 4.79 Å². The number of carbonyl (C=O) groups is 1. The van der Waals surface area contributed by atoms with Gasteiger partial charge in [0, 0.05) is 36.9 Å². The molecule has 0 spiro atoms. The molecular formula is C17H26ClIN4O2. The summed E-state index contributed by atoms with van der Waals surface area (Å²) in [6.45, 7) is 8.61. The van der Waals surface area contributed by atoms with E-state index in [0.717, 1.165) is 36.9 Å². The molecule has 8 heteroatoms. The van der Waals surface area contributed by atoms with Gasteiger partial charge in [0.1, 0.15) is 12.1 Å². The molecule has 140 valence electrons. The number of nitrogens with two attached hydrogens (primary N) is 1. The molecule has 1 aromatic rings. The summed E-state index contributed by atoms with van der Waals surface area (Å²) < 4.78 is 5.22. The minimum absolute atomic E-state index is 0. The smallest absolute Gasteiger partial charge is 0.328 e. The van der Waals surface area contributed by atoms with Crippen molar-refractivity contribution in [2.45, 2.75) is 26.4 Å². The number of rotatable bonds is 3. The maximum absolute atomic E-state index is 11.7. The molecule has 1 aromatic carbocycles. The molecule has 1 heterocycles. The molecule has 1 saturated heterocycles. The van der Waals surface area contributed by atoms with Gasteiger partial charge in [-0.3, -0.25) is 4.79 Å². The van der Waals surface area contributed by atoms with E-state index in [-0.39, 0.29) is 36.5 Å². The van der Waals surface area contributed by atoms with Crippen molar-refractivity contribution in [3.63, 3.8) is 0 Å². The molecule has 0 aromatic heterocycles. The number of piperazine rings is 1. The fourth-order valence-corrected chi connectivity index (χ4v) is 2.59. The van der Waals surface area contributed by atoms with Crippen molar-refractivity contribution in [2.75, 3.05) is 37.6 Å². The molecule has 0 unspecified atom stereocenters. The van der Waals surface area contributed by atoms with Gasteiger partial charge < -0.3 is 20.3 Å². The highest BCUT2D eigenvalue weighted by Gasteiger charge is 2.20. The Labute approximate surface area is 171 Å². The first kappa shape index (κ1) is 21.8. The first-order valence-corrected chi connectivity index (χ1v) is 8.39.